The molecule has 0 saturated heterocycles. The number of hydrogen-bond acceptors (Lipinski definition) is 3. The predicted molar refractivity (Wildman–Crippen MR) is 83.1 cm³/mol. The van der Waals surface area contributed by atoms with Gasteiger partial charge in [-0.15, -0.1) is 0 Å². The minimum atomic E-state index is 0.144. The summed E-state index contributed by atoms with van der Waals surface area (Å²) in [6, 6.07) is 6.62. The molecule has 20 heavy (non-hydrogen) atoms. The molecule has 0 fully saturated rings. The molecule has 0 saturated carbocycles. The highest BCUT2D eigenvalue weighted by Crippen LogP contribution is 2.26. The highest BCUT2D eigenvalue weighted by Gasteiger charge is 2.13. The fourth-order valence-electron chi connectivity index (χ4n) is 2.57. The summed E-state index contributed by atoms with van der Waals surface area (Å²) < 4.78 is 0. The van der Waals surface area contributed by atoms with Crippen molar-refractivity contribution in [1.29, 1.82) is 0 Å². The van der Waals surface area contributed by atoms with E-state index >= 15 is 0 Å². The van der Waals surface area contributed by atoms with Crippen LogP contribution >= 0.6 is 0 Å². The Morgan fingerprint density at radius 2 is 2.25 bits per heavy atom. The van der Waals surface area contributed by atoms with Crippen molar-refractivity contribution in [3.05, 3.63) is 29.3 Å². The van der Waals surface area contributed by atoms with Crippen LogP contribution in [0.15, 0.2) is 18.2 Å². The first-order valence-electron chi connectivity index (χ1n) is 7.39. The van der Waals surface area contributed by atoms with Crippen molar-refractivity contribution in [2.45, 2.75) is 26.3 Å². The van der Waals surface area contributed by atoms with E-state index in [4.69, 9.17) is 0 Å². The molecule has 0 radical (unpaired) electrons. The lowest BCUT2D eigenvalue weighted by Crippen LogP contribution is -2.35. The molecule has 1 aliphatic rings. The van der Waals surface area contributed by atoms with E-state index in [0.717, 1.165) is 26.1 Å². The van der Waals surface area contributed by atoms with Crippen molar-refractivity contribution < 1.29 is 4.79 Å². The van der Waals surface area contributed by atoms with Crippen molar-refractivity contribution in [1.82, 2.24) is 10.2 Å². The zero-order valence-corrected chi connectivity index (χ0v) is 12.8. The number of nitrogens with zero attached hydrogens (tertiary/aromatic N) is 2. The van der Waals surface area contributed by atoms with E-state index in [1.54, 1.807) is 4.90 Å². The van der Waals surface area contributed by atoms with Crippen LogP contribution in [0.2, 0.25) is 0 Å². The van der Waals surface area contributed by atoms with Crippen LogP contribution in [0.3, 0.4) is 0 Å². The van der Waals surface area contributed by atoms with Gasteiger partial charge in [-0.2, -0.15) is 0 Å². The molecule has 1 heterocycles. The Morgan fingerprint density at radius 3 is 3.00 bits per heavy atom. The second kappa shape index (κ2) is 6.75. The van der Waals surface area contributed by atoms with Crippen molar-refractivity contribution >= 4 is 11.6 Å². The monoisotopic (exact) mass is 275 g/mol. The molecule has 0 spiro atoms. The van der Waals surface area contributed by atoms with Gasteiger partial charge in [0.1, 0.15) is 0 Å². The third-order valence-corrected chi connectivity index (χ3v) is 4.00. The molecule has 0 aliphatic carbocycles. The lowest BCUT2D eigenvalue weighted by Gasteiger charge is -2.27. The van der Waals surface area contributed by atoms with Crippen LogP contribution < -0.4 is 10.2 Å². The third kappa shape index (κ3) is 3.51. The van der Waals surface area contributed by atoms with E-state index < -0.39 is 0 Å². The summed E-state index contributed by atoms with van der Waals surface area (Å²) in [6.45, 7) is 5.04. The molecular formula is C16H25N3O. The van der Waals surface area contributed by atoms with E-state index in [1.807, 2.05) is 14.0 Å². The molecule has 1 aliphatic heterocycles. The van der Waals surface area contributed by atoms with Gasteiger partial charge in [0, 0.05) is 39.4 Å². The van der Waals surface area contributed by atoms with E-state index in [9.17, 15) is 4.79 Å². The Labute approximate surface area is 121 Å². The first-order valence-corrected chi connectivity index (χ1v) is 7.39. The Balaban J connectivity index is 1.90. The minimum Gasteiger partial charge on any atom is -0.374 e. The van der Waals surface area contributed by atoms with Crippen LogP contribution in [0.4, 0.5) is 5.69 Å². The fraction of sp³-hybridized carbons (Fsp3) is 0.562. The Bertz CT molecular complexity index is 473. The lowest BCUT2D eigenvalue weighted by molar-refractivity contribution is -0.128. The van der Waals surface area contributed by atoms with Crippen LogP contribution in [0, 0.1) is 0 Å². The Morgan fingerprint density at radius 1 is 1.45 bits per heavy atom. The average Bonchev–Trinajstić information content (AvgIpc) is 2.46. The summed E-state index contributed by atoms with van der Waals surface area (Å²) in [4.78, 5) is 15.7. The number of aryl methyl sites for hydroxylation is 1. The molecular weight excluding hydrogens is 250 g/mol. The van der Waals surface area contributed by atoms with Gasteiger partial charge in [0.2, 0.25) is 5.91 Å². The number of fused-ring (bicyclic) bond motifs is 1. The van der Waals surface area contributed by atoms with E-state index in [2.05, 4.69) is 35.5 Å². The number of carbonyl (C=O) groups excluding carboxylic acids is 1. The van der Waals surface area contributed by atoms with Gasteiger partial charge in [0.15, 0.2) is 0 Å². The second-order valence-corrected chi connectivity index (χ2v) is 5.50. The van der Waals surface area contributed by atoms with Crippen molar-refractivity contribution in [3.8, 4) is 0 Å². The van der Waals surface area contributed by atoms with Gasteiger partial charge in [-0.3, -0.25) is 4.79 Å². The summed E-state index contributed by atoms with van der Waals surface area (Å²) in [7, 11) is 3.98. The number of benzene rings is 1. The van der Waals surface area contributed by atoms with Gasteiger partial charge in [0.25, 0.3) is 0 Å². The topological polar surface area (TPSA) is 35.6 Å². The summed E-state index contributed by atoms with van der Waals surface area (Å²) in [5, 5.41) is 3.23. The van der Waals surface area contributed by atoms with E-state index in [1.165, 1.54) is 23.2 Å². The number of likely N-dealkylation sites (N-methyl/N-ethyl adjacent to an activating group) is 1. The van der Waals surface area contributed by atoms with Gasteiger partial charge < -0.3 is 15.1 Å². The van der Waals surface area contributed by atoms with Crippen LogP contribution in [0.5, 0.6) is 0 Å². The molecule has 1 aromatic carbocycles. The second-order valence-electron chi connectivity index (χ2n) is 5.50. The predicted octanol–water partition coefficient (Wildman–Crippen LogP) is 1.64. The van der Waals surface area contributed by atoms with Gasteiger partial charge in [-0.05, 0) is 37.0 Å². The maximum Gasteiger partial charge on any atom is 0.236 e. The maximum atomic E-state index is 11.7. The largest absolute Gasteiger partial charge is 0.374 e. The normalized spacial score (nSPS) is 14.1. The van der Waals surface area contributed by atoms with Crippen LogP contribution in [0.25, 0.3) is 0 Å². The van der Waals surface area contributed by atoms with E-state index in [-0.39, 0.29) is 5.91 Å². The molecule has 4 heteroatoms. The average molecular weight is 275 g/mol. The number of nitrogens with one attached hydrogen (secondary N) is 1. The summed E-state index contributed by atoms with van der Waals surface area (Å²) in [5.41, 5.74) is 4.03. The number of hydrogen-bond donors (Lipinski definition) is 1. The van der Waals surface area contributed by atoms with Crippen molar-refractivity contribution in [2.24, 2.45) is 0 Å². The standard InChI is InChI=1S/C16H25N3O/c1-4-18(2)16(20)12-17-11-13-7-8-15-14(10-13)6-5-9-19(15)3/h7-8,10,17H,4-6,9,11-12H2,1-3H3. The fourth-order valence-corrected chi connectivity index (χ4v) is 2.57. The SMILES string of the molecule is CCN(C)C(=O)CNCc1ccc2c(c1)CCCN2C. The zero-order valence-electron chi connectivity index (χ0n) is 12.8. The molecule has 1 N–H and O–H groups in total. The highest BCUT2D eigenvalue weighted by atomic mass is 16.2. The highest BCUT2D eigenvalue weighted by molar-refractivity contribution is 5.77. The van der Waals surface area contributed by atoms with Gasteiger partial charge in [0.05, 0.1) is 6.54 Å². The van der Waals surface area contributed by atoms with Gasteiger partial charge >= 0.3 is 0 Å². The van der Waals surface area contributed by atoms with Crippen LogP contribution in [0.1, 0.15) is 24.5 Å². The van der Waals surface area contributed by atoms with Crippen molar-refractivity contribution in [2.75, 3.05) is 38.6 Å². The number of anilines is 1. The maximum absolute atomic E-state index is 11.7. The quantitative estimate of drug-likeness (QED) is 0.887. The minimum absolute atomic E-state index is 0.144. The zero-order chi connectivity index (χ0) is 14.5. The molecule has 110 valence electrons. The number of rotatable bonds is 5. The van der Waals surface area contributed by atoms with Crippen molar-refractivity contribution in [3.63, 3.8) is 0 Å². The van der Waals surface area contributed by atoms with Crippen LogP contribution in [-0.2, 0) is 17.8 Å². The summed E-state index contributed by atoms with van der Waals surface area (Å²) >= 11 is 0. The smallest absolute Gasteiger partial charge is 0.236 e. The Kier molecular flexibility index (Phi) is 5.01. The third-order valence-electron chi connectivity index (χ3n) is 4.00. The molecule has 0 bridgehead atoms. The molecule has 0 unspecified atom stereocenters. The van der Waals surface area contributed by atoms with E-state index in [0.29, 0.717) is 6.54 Å². The molecule has 1 amide bonds. The summed E-state index contributed by atoms with van der Waals surface area (Å²) in [6.07, 6.45) is 2.38. The number of amides is 1. The first-order chi connectivity index (χ1) is 9.61. The first kappa shape index (κ1) is 14.9. The van der Waals surface area contributed by atoms with Crippen LogP contribution in [-0.4, -0.2) is 44.5 Å². The molecule has 1 aromatic rings. The molecule has 4 nitrogen and oxygen atoms in total. The molecule has 0 aromatic heterocycles. The molecule has 2 rings (SSSR count). The van der Waals surface area contributed by atoms with Gasteiger partial charge in [-0.1, -0.05) is 12.1 Å². The number of carbonyl (C=O) groups is 1. The van der Waals surface area contributed by atoms with Gasteiger partial charge in [-0.25, -0.2) is 0 Å². The molecule has 0 atom stereocenters. The lowest BCUT2D eigenvalue weighted by atomic mass is 9.99. The Hall–Kier alpha value is -1.55. The summed E-state index contributed by atoms with van der Waals surface area (Å²) in [5.74, 6) is 0.144.